The highest BCUT2D eigenvalue weighted by atomic mass is 35.5. The highest BCUT2D eigenvalue weighted by Gasteiger charge is 2.31. The third-order valence-corrected chi connectivity index (χ3v) is 5.50. The van der Waals surface area contributed by atoms with Gasteiger partial charge in [0.05, 0.1) is 11.1 Å². The number of fused-ring (bicyclic) bond motifs is 1. The number of rotatable bonds is 5. The predicted molar refractivity (Wildman–Crippen MR) is 101 cm³/mol. The van der Waals surface area contributed by atoms with Crippen molar-refractivity contribution in [3.8, 4) is 0 Å². The standard InChI is InChI=1S/C19H27N3O2.ClH/c1-13-6-3-7-14(2)22(13)11-5-10-21-12-15-8-4-9-16(18(20)23)17(15)19(21)24;/h4,8-9,13-14H,3,5-7,10-12H2,1-2H3,(H2,20,23);1H. The van der Waals surface area contributed by atoms with Gasteiger partial charge in [-0.05, 0) is 44.7 Å². The summed E-state index contributed by atoms with van der Waals surface area (Å²) in [5.41, 5.74) is 7.17. The molecule has 0 saturated carbocycles. The molecule has 1 aromatic rings. The maximum Gasteiger partial charge on any atom is 0.255 e. The second-order valence-electron chi connectivity index (χ2n) is 7.15. The number of amides is 2. The fourth-order valence-electron chi connectivity index (χ4n) is 4.17. The molecule has 2 heterocycles. The van der Waals surface area contributed by atoms with E-state index in [9.17, 15) is 9.59 Å². The SMILES string of the molecule is CC1CCCC(C)N1CCCN1Cc2cccc(C(N)=O)c2C1=O.Cl. The Kier molecular flexibility index (Phi) is 6.47. The molecule has 3 rings (SSSR count). The molecular formula is C19H28ClN3O2. The average Bonchev–Trinajstić information content (AvgIpc) is 2.86. The number of carbonyl (C=O) groups is 2. The van der Waals surface area contributed by atoms with E-state index in [1.807, 2.05) is 11.0 Å². The Morgan fingerprint density at radius 3 is 2.52 bits per heavy atom. The molecule has 0 aliphatic carbocycles. The van der Waals surface area contributed by atoms with E-state index in [0.29, 0.717) is 29.8 Å². The smallest absolute Gasteiger partial charge is 0.255 e. The van der Waals surface area contributed by atoms with E-state index in [1.165, 1.54) is 19.3 Å². The Bertz CT molecular complexity index is 640. The van der Waals surface area contributed by atoms with E-state index in [2.05, 4.69) is 18.7 Å². The topological polar surface area (TPSA) is 66.6 Å². The second kappa shape index (κ2) is 8.19. The van der Waals surface area contributed by atoms with Crippen molar-refractivity contribution in [2.75, 3.05) is 13.1 Å². The number of benzene rings is 1. The third kappa shape index (κ3) is 3.98. The molecule has 0 spiro atoms. The summed E-state index contributed by atoms with van der Waals surface area (Å²) in [6, 6.07) is 6.60. The van der Waals surface area contributed by atoms with Gasteiger partial charge < -0.3 is 10.6 Å². The highest BCUT2D eigenvalue weighted by molar-refractivity contribution is 6.09. The predicted octanol–water partition coefficient (Wildman–Crippen LogP) is 2.82. The molecule has 2 unspecified atom stereocenters. The molecule has 138 valence electrons. The van der Waals surface area contributed by atoms with Crippen LogP contribution in [0.1, 0.15) is 65.8 Å². The lowest BCUT2D eigenvalue weighted by Crippen LogP contribution is -2.44. The van der Waals surface area contributed by atoms with Gasteiger partial charge in [-0.15, -0.1) is 12.4 Å². The first kappa shape index (κ1) is 19.7. The molecule has 25 heavy (non-hydrogen) atoms. The van der Waals surface area contributed by atoms with Crippen LogP contribution in [0.2, 0.25) is 0 Å². The number of hydrogen-bond donors (Lipinski definition) is 1. The molecule has 1 saturated heterocycles. The first-order chi connectivity index (χ1) is 11.5. The van der Waals surface area contributed by atoms with Gasteiger partial charge in [-0.25, -0.2) is 0 Å². The van der Waals surface area contributed by atoms with Crippen molar-refractivity contribution in [1.82, 2.24) is 9.80 Å². The van der Waals surface area contributed by atoms with E-state index in [1.54, 1.807) is 12.1 Å². The van der Waals surface area contributed by atoms with Gasteiger partial charge in [0.25, 0.3) is 5.91 Å². The van der Waals surface area contributed by atoms with Crippen molar-refractivity contribution in [2.45, 2.75) is 58.2 Å². The van der Waals surface area contributed by atoms with Gasteiger partial charge >= 0.3 is 0 Å². The van der Waals surface area contributed by atoms with Crippen LogP contribution in [-0.2, 0) is 6.54 Å². The normalized spacial score (nSPS) is 23.3. The molecule has 0 aromatic heterocycles. The number of nitrogens with two attached hydrogens (primary N) is 1. The molecular weight excluding hydrogens is 338 g/mol. The van der Waals surface area contributed by atoms with Crippen LogP contribution in [0.3, 0.4) is 0 Å². The lowest BCUT2D eigenvalue weighted by molar-refractivity contribution is 0.0731. The Labute approximate surface area is 155 Å². The zero-order valence-corrected chi connectivity index (χ0v) is 15.8. The van der Waals surface area contributed by atoms with Crippen molar-refractivity contribution in [2.24, 2.45) is 5.73 Å². The zero-order chi connectivity index (χ0) is 17.3. The van der Waals surface area contributed by atoms with Crippen LogP contribution in [0.25, 0.3) is 0 Å². The quantitative estimate of drug-likeness (QED) is 0.872. The first-order valence-electron chi connectivity index (χ1n) is 8.95. The fourth-order valence-corrected chi connectivity index (χ4v) is 4.17. The van der Waals surface area contributed by atoms with Crippen LogP contribution in [-0.4, -0.2) is 46.8 Å². The van der Waals surface area contributed by atoms with E-state index in [0.717, 1.165) is 25.1 Å². The van der Waals surface area contributed by atoms with Crippen molar-refractivity contribution in [3.63, 3.8) is 0 Å². The second-order valence-corrected chi connectivity index (χ2v) is 7.15. The molecule has 5 nitrogen and oxygen atoms in total. The van der Waals surface area contributed by atoms with Gasteiger partial charge in [0.15, 0.2) is 0 Å². The Morgan fingerprint density at radius 1 is 1.20 bits per heavy atom. The number of likely N-dealkylation sites (tertiary alicyclic amines) is 1. The maximum absolute atomic E-state index is 12.6. The first-order valence-corrected chi connectivity index (χ1v) is 8.95. The number of carbonyl (C=O) groups excluding carboxylic acids is 2. The minimum atomic E-state index is -0.530. The minimum absolute atomic E-state index is 0. The summed E-state index contributed by atoms with van der Waals surface area (Å²) in [4.78, 5) is 28.6. The van der Waals surface area contributed by atoms with Crippen LogP contribution in [0.5, 0.6) is 0 Å². The maximum atomic E-state index is 12.6. The third-order valence-electron chi connectivity index (χ3n) is 5.50. The summed E-state index contributed by atoms with van der Waals surface area (Å²) < 4.78 is 0. The number of piperidine rings is 1. The minimum Gasteiger partial charge on any atom is -0.366 e. The van der Waals surface area contributed by atoms with Crippen LogP contribution >= 0.6 is 12.4 Å². The van der Waals surface area contributed by atoms with Crippen molar-refractivity contribution in [3.05, 3.63) is 34.9 Å². The fraction of sp³-hybridized carbons (Fsp3) is 0.579. The lowest BCUT2D eigenvalue weighted by Gasteiger charge is -2.39. The number of halogens is 1. The Hall–Kier alpha value is -1.59. The Morgan fingerprint density at radius 2 is 1.88 bits per heavy atom. The van der Waals surface area contributed by atoms with Crippen molar-refractivity contribution < 1.29 is 9.59 Å². The zero-order valence-electron chi connectivity index (χ0n) is 15.0. The van der Waals surface area contributed by atoms with Gasteiger partial charge in [0, 0.05) is 31.7 Å². The van der Waals surface area contributed by atoms with Gasteiger partial charge in [-0.1, -0.05) is 18.6 Å². The largest absolute Gasteiger partial charge is 0.366 e. The number of hydrogen-bond acceptors (Lipinski definition) is 3. The van der Waals surface area contributed by atoms with Gasteiger partial charge in [-0.2, -0.15) is 0 Å². The van der Waals surface area contributed by atoms with E-state index < -0.39 is 5.91 Å². The number of nitrogens with zero attached hydrogens (tertiary/aromatic N) is 2. The molecule has 2 aliphatic heterocycles. The average molecular weight is 366 g/mol. The van der Waals surface area contributed by atoms with Crippen molar-refractivity contribution >= 4 is 24.2 Å². The Balaban J connectivity index is 0.00000225. The molecule has 0 radical (unpaired) electrons. The van der Waals surface area contributed by atoms with Crippen molar-refractivity contribution in [1.29, 1.82) is 0 Å². The monoisotopic (exact) mass is 365 g/mol. The van der Waals surface area contributed by atoms with Gasteiger partial charge in [0.2, 0.25) is 5.91 Å². The summed E-state index contributed by atoms with van der Waals surface area (Å²) in [6.07, 6.45) is 4.80. The molecule has 2 aliphatic rings. The summed E-state index contributed by atoms with van der Waals surface area (Å²) in [6.45, 7) is 6.92. The molecule has 2 N–H and O–H groups in total. The summed E-state index contributed by atoms with van der Waals surface area (Å²) >= 11 is 0. The van der Waals surface area contributed by atoms with Crippen LogP contribution < -0.4 is 5.73 Å². The van der Waals surface area contributed by atoms with E-state index in [-0.39, 0.29) is 18.3 Å². The van der Waals surface area contributed by atoms with Gasteiger partial charge in [0.1, 0.15) is 0 Å². The molecule has 1 aromatic carbocycles. The summed E-state index contributed by atoms with van der Waals surface area (Å²) in [5, 5.41) is 0. The molecule has 2 atom stereocenters. The van der Waals surface area contributed by atoms with Gasteiger partial charge in [-0.3, -0.25) is 14.5 Å². The molecule has 1 fully saturated rings. The van der Waals surface area contributed by atoms with Crippen LogP contribution in [0.15, 0.2) is 18.2 Å². The molecule has 6 heteroatoms. The summed E-state index contributed by atoms with van der Waals surface area (Å²) in [7, 11) is 0. The lowest BCUT2D eigenvalue weighted by atomic mass is 9.97. The van der Waals surface area contributed by atoms with E-state index >= 15 is 0 Å². The highest BCUT2D eigenvalue weighted by Crippen LogP contribution is 2.27. The van der Waals surface area contributed by atoms with Crippen LogP contribution in [0, 0.1) is 0 Å². The number of primary amides is 1. The molecule has 2 amide bonds. The van der Waals surface area contributed by atoms with Crippen LogP contribution in [0.4, 0.5) is 0 Å². The summed E-state index contributed by atoms with van der Waals surface area (Å²) in [5.74, 6) is -0.586. The molecule has 0 bridgehead atoms. The van der Waals surface area contributed by atoms with E-state index in [4.69, 9.17) is 5.73 Å².